The van der Waals surface area contributed by atoms with Gasteiger partial charge in [0.05, 0.1) is 0 Å². The Kier molecular flexibility index (Phi) is 5.49. The van der Waals surface area contributed by atoms with Crippen molar-refractivity contribution in [3.8, 4) is 0 Å². The molecule has 1 N–H and O–H groups in total. The van der Waals surface area contributed by atoms with E-state index in [9.17, 15) is 4.79 Å². The fourth-order valence-corrected chi connectivity index (χ4v) is 2.35. The van der Waals surface area contributed by atoms with Gasteiger partial charge in [0.15, 0.2) is 0 Å². The minimum absolute atomic E-state index is 0.00917. The highest BCUT2D eigenvalue weighted by molar-refractivity contribution is 9.10. The van der Waals surface area contributed by atoms with Crippen LogP contribution in [0.25, 0.3) is 0 Å². The average Bonchev–Trinajstić information content (AvgIpc) is 2.29. The molecule has 0 aliphatic carbocycles. The average molecular weight is 349 g/mol. The third-order valence-electron chi connectivity index (χ3n) is 2.53. The van der Waals surface area contributed by atoms with Crippen molar-refractivity contribution < 1.29 is 4.79 Å². The number of carbonyl (C=O) groups excluding carboxylic acids is 1. The number of hydrogen-bond acceptors (Lipinski definition) is 1. The van der Waals surface area contributed by atoms with Gasteiger partial charge in [0.2, 0.25) is 0 Å². The molecule has 1 aromatic carbocycles. The van der Waals surface area contributed by atoms with Crippen molar-refractivity contribution in [2.45, 2.75) is 26.3 Å². The van der Waals surface area contributed by atoms with Crippen LogP contribution in [0.4, 0.5) is 0 Å². The van der Waals surface area contributed by atoms with E-state index in [1.165, 1.54) is 0 Å². The van der Waals surface area contributed by atoms with Gasteiger partial charge in [-0.1, -0.05) is 44.8 Å². The topological polar surface area (TPSA) is 29.1 Å². The number of rotatable bonds is 4. The molecule has 1 unspecified atom stereocenters. The fraction of sp³-hybridized carbons (Fsp3) is 0.417. The standard InChI is InChI=1S/C12H15Br2NO/c1-3-9(7-13)15-12(16)10-5-4-6-11(14)8(10)2/h4-6,9H,3,7H2,1-2H3,(H,15,16). The highest BCUT2D eigenvalue weighted by atomic mass is 79.9. The summed E-state index contributed by atoms with van der Waals surface area (Å²) in [6.07, 6.45) is 0.921. The Bertz CT molecular complexity index is 375. The van der Waals surface area contributed by atoms with Gasteiger partial charge in [0.1, 0.15) is 0 Å². The van der Waals surface area contributed by atoms with Crippen molar-refractivity contribution >= 4 is 37.8 Å². The van der Waals surface area contributed by atoms with E-state index in [2.05, 4.69) is 44.1 Å². The molecule has 88 valence electrons. The zero-order valence-electron chi connectivity index (χ0n) is 9.39. The van der Waals surface area contributed by atoms with Crippen LogP contribution in [-0.4, -0.2) is 17.3 Å². The van der Waals surface area contributed by atoms with Crippen LogP contribution in [0.3, 0.4) is 0 Å². The monoisotopic (exact) mass is 347 g/mol. The van der Waals surface area contributed by atoms with Gasteiger partial charge >= 0.3 is 0 Å². The summed E-state index contributed by atoms with van der Waals surface area (Å²) in [7, 11) is 0. The molecule has 2 nitrogen and oxygen atoms in total. The Labute approximate surface area is 113 Å². The van der Waals surface area contributed by atoms with E-state index in [0.717, 1.165) is 27.4 Å². The Morgan fingerprint density at radius 3 is 2.75 bits per heavy atom. The number of halogens is 2. The maximum Gasteiger partial charge on any atom is 0.251 e. The third kappa shape index (κ3) is 3.32. The van der Waals surface area contributed by atoms with Crippen LogP contribution in [-0.2, 0) is 0 Å². The first-order valence-electron chi connectivity index (χ1n) is 5.22. The van der Waals surface area contributed by atoms with E-state index >= 15 is 0 Å². The minimum atomic E-state index is -0.00917. The van der Waals surface area contributed by atoms with Gasteiger partial charge in [-0.3, -0.25) is 4.79 Å². The smallest absolute Gasteiger partial charge is 0.251 e. The lowest BCUT2D eigenvalue weighted by atomic mass is 10.1. The highest BCUT2D eigenvalue weighted by Crippen LogP contribution is 2.19. The van der Waals surface area contributed by atoms with Crippen molar-refractivity contribution in [1.82, 2.24) is 5.32 Å². The van der Waals surface area contributed by atoms with E-state index in [1.54, 1.807) is 0 Å². The summed E-state index contributed by atoms with van der Waals surface area (Å²) in [5.74, 6) is -0.00917. The molecule has 1 amide bonds. The second-order valence-corrected chi connectivity index (χ2v) is 5.15. The van der Waals surface area contributed by atoms with Crippen LogP contribution in [0.15, 0.2) is 22.7 Å². The van der Waals surface area contributed by atoms with E-state index in [4.69, 9.17) is 0 Å². The maximum absolute atomic E-state index is 12.0. The van der Waals surface area contributed by atoms with Crippen LogP contribution in [0.5, 0.6) is 0 Å². The molecule has 1 atom stereocenters. The highest BCUT2D eigenvalue weighted by Gasteiger charge is 2.13. The number of carbonyl (C=O) groups is 1. The molecular formula is C12H15Br2NO. The zero-order valence-corrected chi connectivity index (χ0v) is 12.6. The zero-order chi connectivity index (χ0) is 12.1. The van der Waals surface area contributed by atoms with E-state index in [-0.39, 0.29) is 11.9 Å². The largest absolute Gasteiger partial charge is 0.348 e. The second kappa shape index (κ2) is 6.40. The Morgan fingerprint density at radius 2 is 2.19 bits per heavy atom. The molecule has 0 aliphatic heterocycles. The van der Waals surface area contributed by atoms with Crippen LogP contribution >= 0.6 is 31.9 Å². The van der Waals surface area contributed by atoms with Crippen LogP contribution in [0.1, 0.15) is 29.3 Å². The maximum atomic E-state index is 12.0. The first-order valence-corrected chi connectivity index (χ1v) is 7.13. The Balaban J connectivity index is 2.84. The summed E-state index contributed by atoms with van der Waals surface area (Å²) < 4.78 is 0.965. The lowest BCUT2D eigenvalue weighted by Crippen LogP contribution is -2.35. The van der Waals surface area contributed by atoms with Crippen molar-refractivity contribution in [3.05, 3.63) is 33.8 Å². The third-order valence-corrected chi connectivity index (χ3v) is 4.17. The molecule has 16 heavy (non-hydrogen) atoms. The lowest BCUT2D eigenvalue weighted by Gasteiger charge is -2.15. The molecule has 0 aromatic heterocycles. The molecule has 0 spiro atoms. The Hall–Kier alpha value is -0.350. The molecule has 0 bridgehead atoms. The summed E-state index contributed by atoms with van der Waals surface area (Å²) in [6, 6.07) is 5.84. The van der Waals surface area contributed by atoms with E-state index in [0.29, 0.717) is 0 Å². The van der Waals surface area contributed by atoms with Crippen molar-refractivity contribution in [3.63, 3.8) is 0 Å². The number of nitrogens with one attached hydrogen (secondary N) is 1. The lowest BCUT2D eigenvalue weighted by molar-refractivity contribution is 0.0939. The van der Waals surface area contributed by atoms with Gasteiger partial charge in [-0.05, 0) is 31.0 Å². The molecule has 0 radical (unpaired) electrons. The Morgan fingerprint density at radius 1 is 1.50 bits per heavy atom. The van der Waals surface area contributed by atoms with Gasteiger partial charge in [-0.2, -0.15) is 0 Å². The van der Waals surface area contributed by atoms with Gasteiger partial charge in [-0.25, -0.2) is 0 Å². The van der Waals surface area contributed by atoms with Crippen LogP contribution < -0.4 is 5.32 Å². The van der Waals surface area contributed by atoms with Gasteiger partial charge < -0.3 is 5.32 Å². The van der Waals surface area contributed by atoms with Crippen molar-refractivity contribution in [1.29, 1.82) is 0 Å². The molecule has 0 fully saturated rings. The molecule has 0 saturated carbocycles. The molecule has 0 aliphatic rings. The molecular weight excluding hydrogens is 334 g/mol. The van der Waals surface area contributed by atoms with E-state index in [1.807, 2.05) is 25.1 Å². The first-order chi connectivity index (χ1) is 7.60. The molecule has 4 heteroatoms. The quantitative estimate of drug-likeness (QED) is 0.826. The first kappa shape index (κ1) is 13.7. The number of benzene rings is 1. The summed E-state index contributed by atoms with van der Waals surface area (Å²) in [5, 5.41) is 3.77. The molecule has 0 saturated heterocycles. The predicted octanol–water partition coefficient (Wildman–Crippen LogP) is 3.66. The molecule has 0 heterocycles. The summed E-state index contributed by atoms with van der Waals surface area (Å²) in [6.45, 7) is 3.99. The summed E-state index contributed by atoms with van der Waals surface area (Å²) >= 11 is 6.81. The molecule has 1 aromatic rings. The van der Waals surface area contributed by atoms with Crippen molar-refractivity contribution in [2.24, 2.45) is 0 Å². The second-order valence-electron chi connectivity index (χ2n) is 3.65. The summed E-state index contributed by atoms with van der Waals surface area (Å²) in [5.41, 5.74) is 1.71. The van der Waals surface area contributed by atoms with Crippen LogP contribution in [0.2, 0.25) is 0 Å². The van der Waals surface area contributed by atoms with Gasteiger partial charge in [0, 0.05) is 21.4 Å². The number of alkyl halides is 1. The SMILES string of the molecule is CCC(CBr)NC(=O)c1cccc(Br)c1C. The molecule has 1 rings (SSSR count). The van der Waals surface area contributed by atoms with Crippen molar-refractivity contribution in [2.75, 3.05) is 5.33 Å². The summed E-state index contributed by atoms with van der Waals surface area (Å²) in [4.78, 5) is 12.0. The fourth-order valence-electron chi connectivity index (χ4n) is 1.37. The van der Waals surface area contributed by atoms with Gasteiger partial charge in [-0.15, -0.1) is 0 Å². The normalized spacial score (nSPS) is 12.2. The number of hydrogen-bond donors (Lipinski definition) is 1. The van der Waals surface area contributed by atoms with E-state index < -0.39 is 0 Å². The minimum Gasteiger partial charge on any atom is -0.348 e. The number of amides is 1. The van der Waals surface area contributed by atoms with Crippen LogP contribution in [0, 0.1) is 6.92 Å². The predicted molar refractivity (Wildman–Crippen MR) is 74.2 cm³/mol. The van der Waals surface area contributed by atoms with Gasteiger partial charge in [0.25, 0.3) is 5.91 Å².